The Morgan fingerprint density at radius 3 is 2.26 bits per heavy atom. The van der Waals surface area contributed by atoms with Crippen LogP contribution in [0, 0.1) is 0 Å². The molecule has 2 aromatic rings. The quantitative estimate of drug-likeness (QED) is 0.550. The minimum atomic E-state index is -3.50. The van der Waals surface area contributed by atoms with Gasteiger partial charge in [0, 0.05) is 50.5 Å². The van der Waals surface area contributed by atoms with Crippen LogP contribution in [-0.4, -0.2) is 65.0 Å². The van der Waals surface area contributed by atoms with Crippen molar-refractivity contribution in [3.8, 4) is 0 Å². The second kappa shape index (κ2) is 11.3. The average molecular weight is 445 g/mol. The Morgan fingerprint density at radius 1 is 0.935 bits per heavy atom. The number of carbonyl (C=O) groups excluding carboxylic acids is 1. The van der Waals surface area contributed by atoms with Gasteiger partial charge in [-0.05, 0) is 55.8 Å². The summed E-state index contributed by atoms with van der Waals surface area (Å²) in [7, 11) is -3.50. The number of nitrogens with zero attached hydrogens (tertiary/aromatic N) is 2. The smallest absolute Gasteiger partial charge is 0.251 e. The van der Waals surface area contributed by atoms with E-state index in [2.05, 4.69) is 44.1 Å². The molecule has 31 heavy (non-hydrogen) atoms. The average Bonchev–Trinajstić information content (AvgIpc) is 2.80. The van der Waals surface area contributed by atoms with E-state index in [1.807, 2.05) is 6.07 Å². The molecule has 0 bridgehead atoms. The molecule has 0 unspecified atom stereocenters. The zero-order valence-electron chi connectivity index (χ0n) is 18.1. The lowest BCUT2D eigenvalue weighted by Gasteiger charge is -2.36. The number of benzene rings is 2. The molecule has 0 aromatic heterocycles. The zero-order chi connectivity index (χ0) is 22.1. The molecule has 2 aromatic carbocycles. The highest BCUT2D eigenvalue weighted by molar-refractivity contribution is 7.89. The van der Waals surface area contributed by atoms with Crippen LogP contribution in [0.2, 0.25) is 0 Å². The summed E-state index contributed by atoms with van der Waals surface area (Å²) in [6, 6.07) is 16.5. The van der Waals surface area contributed by atoms with Crippen LogP contribution in [0.15, 0.2) is 59.5 Å². The maximum Gasteiger partial charge on any atom is 0.251 e. The van der Waals surface area contributed by atoms with E-state index in [4.69, 9.17) is 0 Å². The largest absolute Gasteiger partial charge is 0.369 e. The van der Waals surface area contributed by atoms with Crippen LogP contribution in [-0.2, 0) is 10.0 Å². The molecule has 8 heteroatoms. The van der Waals surface area contributed by atoms with Gasteiger partial charge in [-0.3, -0.25) is 9.69 Å². The van der Waals surface area contributed by atoms with Crippen LogP contribution in [0.25, 0.3) is 0 Å². The number of carbonyl (C=O) groups is 1. The molecule has 0 aliphatic carbocycles. The van der Waals surface area contributed by atoms with Gasteiger partial charge >= 0.3 is 0 Å². The Labute approximate surface area is 185 Å². The highest BCUT2D eigenvalue weighted by atomic mass is 32.2. The SMILES string of the molecule is CCNS(=O)(=O)c1ccc(C(=O)NCCCCN2CCN(c3ccccc3)CC2)cc1. The van der Waals surface area contributed by atoms with E-state index < -0.39 is 10.0 Å². The fraction of sp³-hybridized carbons (Fsp3) is 0.435. The first-order chi connectivity index (χ1) is 15.0. The zero-order valence-corrected chi connectivity index (χ0v) is 18.9. The van der Waals surface area contributed by atoms with Crippen LogP contribution < -0.4 is 14.9 Å². The van der Waals surface area contributed by atoms with Gasteiger partial charge in [0.2, 0.25) is 10.0 Å². The van der Waals surface area contributed by atoms with Gasteiger partial charge in [-0.2, -0.15) is 0 Å². The van der Waals surface area contributed by atoms with E-state index in [0.717, 1.165) is 45.6 Å². The van der Waals surface area contributed by atoms with E-state index in [9.17, 15) is 13.2 Å². The van der Waals surface area contributed by atoms with Crippen molar-refractivity contribution in [1.82, 2.24) is 14.9 Å². The van der Waals surface area contributed by atoms with Crippen molar-refractivity contribution >= 4 is 21.6 Å². The Kier molecular flexibility index (Phi) is 8.45. The Balaban J connectivity index is 1.33. The third kappa shape index (κ3) is 6.78. The molecule has 1 amide bonds. The molecule has 1 heterocycles. The first-order valence-electron chi connectivity index (χ1n) is 10.9. The molecule has 1 aliphatic heterocycles. The normalized spacial score (nSPS) is 15.1. The predicted molar refractivity (Wildman–Crippen MR) is 124 cm³/mol. The minimum absolute atomic E-state index is 0.165. The van der Waals surface area contributed by atoms with Gasteiger partial charge in [-0.1, -0.05) is 25.1 Å². The number of nitrogens with one attached hydrogen (secondary N) is 2. The number of amides is 1. The summed E-state index contributed by atoms with van der Waals surface area (Å²) in [5, 5.41) is 2.92. The van der Waals surface area contributed by atoms with Crippen molar-refractivity contribution < 1.29 is 13.2 Å². The van der Waals surface area contributed by atoms with Gasteiger partial charge in [-0.25, -0.2) is 13.1 Å². The second-order valence-corrected chi connectivity index (χ2v) is 9.42. The van der Waals surface area contributed by atoms with Gasteiger partial charge in [0.25, 0.3) is 5.91 Å². The van der Waals surface area contributed by atoms with Crippen LogP contribution in [0.3, 0.4) is 0 Å². The lowest BCUT2D eigenvalue weighted by atomic mass is 10.2. The van der Waals surface area contributed by atoms with E-state index in [1.165, 1.54) is 17.8 Å². The molecule has 1 aliphatic rings. The van der Waals surface area contributed by atoms with Crippen molar-refractivity contribution in [2.75, 3.05) is 50.7 Å². The number of piperazine rings is 1. The standard InChI is InChI=1S/C23H32N4O3S/c1-2-25-31(29,30)22-12-10-20(11-13-22)23(28)24-14-6-7-15-26-16-18-27(19-17-26)21-8-4-3-5-9-21/h3-5,8-13,25H,2,6-7,14-19H2,1H3,(H,24,28). The molecular formula is C23H32N4O3S. The third-order valence-electron chi connectivity index (χ3n) is 5.44. The van der Waals surface area contributed by atoms with Gasteiger partial charge in [-0.15, -0.1) is 0 Å². The lowest BCUT2D eigenvalue weighted by Crippen LogP contribution is -2.46. The van der Waals surface area contributed by atoms with Gasteiger partial charge in [0.1, 0.15) is 0 Å². The summed E-state index contributed by atoms with van der Waals surface area (Å²) in [4.78, 5) is 17.3. The molecule has 2 N–H and O–H groups in total. The molecule has 0 saturated carbocycles. The van der Waals surface area contributed by atoms with E-state index >= 15 is 0 Å². The second-order valence-electron chi connectivity index (χ2n) is 7.65. The van der Waals surface area contributed by atoms with Gasteiger partial charge in [0.15, 0.2) is 0 Å². The first kappa shape index (κ1) is 23.2. The van der Waals surface area contributed by atoms with Crippen LogP contribution >= 0.6 is 0 Å². The van der Waals surface area contributed by atoms with Crippen molar-refractivity contribution in [2.24, 2.45) is 0 Å². The number of sulfonamides is 1. The summed E-state index contributed by atoms with van der Waals surface area (Å²) in [5.41, 5.74) is 1.75. The molecule has 1 saturated heterocycles. The number of unbranched alkanes of at least 4 members (excludes halogenated alkanes) is 1. The van der Waals surface area contributed by atoms with E-state index in [1.54, 1.807) is 19.1 Å². The number of hydrogen-bond donors (Lipinski definition) is 2. The maximum atomic E-state index is 12.3. The summed E-state index contributed by atoms with van der Waals surface area (Å²) in [6.45, 7) is 7.90. The van der Waals surface area contributed by atoms with Crippen LogP contribution in [0.5, 0.6) is 0 Å². The fourth-order valence-corrected chi connectivity index (χ4v) is 4.73. The molecule has 7 nitrogen and oxygen atoms in total. The fourth-order valence-electron chi connectivity index (χ4n) is 3.69. The van der Waals surface area contributed by atoms with Crippen LogP contribution in [0.4, 0.5) is 5.69 Å². The first-order valence-corrected chi connectivity index (χ1v) is 12.4. The number of para-hydroxylation sites is 1. The van der Waals surface area contributed by atoms with Gasteiger partial charge in [0.05, 0.1) is 4.90 Å². The molecule has 1 fully saturated rings. The molecule has 3 rings (SSSR count). The van der Waals surface area contributed by atoms with E-state index in [0.29, 0.717) is 18.7 Å². The van der Waals surface area contributed by atoms with Crippen molar-refractivity contribution in [3.63, 3.8) is 0 Å². The summed E-state index contributed by atoms with van der Waals surface area (Å²) in [5.74, 6) is -0.177. The molecular weight excluding hydrogens is 412 g/mol. The highest BCUT2D eigenvalue weighted by Crippen LogP contribution is 2.15. The summed E-state index contributed by atoms with van der Waals surface area (Å²) < 4.78 is 26.4. The van der Waals surface area contributed by atoms with Crippen molar-refractivity contribution in [3.05, 3.63) is 60.2 Å². The monoisotopic (exact) mass is 444 g/mol. The molecule has 0 atom stereocenters. The van der Waals surface area contributed by atoms with Crippen LogP contribution in [0.1, 0.15) is 30.1 Å². The molecule has 168 valence electrons. The summed E-state index contributed by atoms with van der Waals surface area (Å²) in [6.07, 6.45) is 1.95. The Hall–Kier alpha value is -2.42. The topological polar surface area (TPSA) is 81.7 Å². The number of anilines is 1. The van der Waals surface area contributed by atoms with Crippen molar-refractivity contribution in [2.45, 2.75) is 24.7 Å². The highest BCUT2D eigenvalue weighted by Gasteiger charge is 2.17. The van der Waals surface area contributed by atoms with Gasteiger partial charge < -0.3 is 10.2 Å². The molecule has 0 spiro atoms. The third-order valence-corrected chi connectivity index (χ3v) is 7.00. The Morgan fingerprint density at radius 2 is 1.61 bits per heavy atom. The lowest BCUT2D eigenvalue weighted by molar-refractivity contribution is 0.0952. The molecule has 0 radical (unpaired) electrons. The summed E-state index contributed by atoms with van der Waals surface area (Å²) >= 11 is 0. The van der Waals surface area contributed by atoms with Crippen molar-refractivity contribution in [1.29, 1.82) is 0 Å². The van der Waals surface area contributed by atoms with E-state index in [-0.39, 0.29) is 10.8 Å². The number of rotatable bonds is 10. The minimum Gasteiger partial charge on any atom is -0.369 e. The maximum absolute atomic E-state index is 12.3. The predicted octanol–water partition coefficient (Wildman–Crippen LogP) is 2.32. The Bertz CT molecular complexity index is 925. The number of hydrogen-bond acceptors (Lipinski definition) is 5.